The van der Waals surface area contributed by atoms with Gasteiger partial charge in [0, 0.05) is 6.42 Å². The second kappa shape index (κ2) is 9.13. The van der Waals surface area contributed by atoms with Crippen molar-refractivity contribution in [2.75, 3.05) is 13.2 Å². The van der Waals surface area contributed by atoms with Crippen LogP contribution in [0.1, 0.15) is 25.7 Å². The van der Waals surface area contributed by atoms with Gasteiger partial charge in [-0.2, -0.15) is 30.4 Å². The number of allylic oxidation sites excluding steroid dienone is 1. The average molecular weight is 396 g/mol. The number of carbonyl (C=O) groups is 1. The lowest BCUT2D eigenvalue weighted by Gasteiger charge is -2.14. The summed E-state index contributed by atoms with van der Waals surface area (Å²) >= 11 is 0. The number of rotatable bonds is 11. The van der Waals surface area contributed by atoms with Crippen LogP contribution < -0.4 is 0 Å². The molecule has 0 bridgehead atoms. The maximum atomic E-state index is 12.8. The Morgan fingerprint density at radius 1 is 1.00 bits per heavy atom. The van der Waals surface area contributed by atoms with Gasteiger partial charge in [0.25, 0.3) is 0 Å². The molecular formula is C13H17F5O6S. The van der Waals surface area contributed by atoms with Crippen LogP contribution in [0, 0.1) is 0 Å². The average Bonchev–Trinajstić information content (AvgIpc) is 2.45. The minimum atomic E-state index is -5.68. The molecule has 146 valence electrons. The highest BCUT2D eigenvalue weighted by Crippen LogP contribution is 2.29. The third-order valence-corrected chi connectivity index (χ3v) is 3.63. The number of hydrogen-bond acceptors (Lipinski definition) is 5. The van der Waals surface area contributed by atoms with E-state index in [9.17, 15) is 35.2 Å². The van der Waals surface area contributed by atoms with Crippen molar-refractivity contribution >= 4 is 16.1 Å². The Morgan fingerprint density at radius 3 is 2.04 bits per heavy atom. The zero-order valence-corrected chi connectivity index (χ0v) is 13.8. The van der Waals surface area contributed by atoms with Crippen molar-refractivity contribution < 1.29 is 49.2 Å². The minimum Gasteiger partial charge on any atom is -0.494 e. The molecule has 0 unspecified atom stereocenters. The van der Waals surface area contributed by atoms with E-state index in [1.165, 1.54) is 0 Å². The van der Waals surface area contributed by atoms with E-state index in [2.05, 4.69) is 17.9 Å². The van der Waals surface area contributed by atoms with E-state index in [1.807, 2.05) is 0 Å². The number of hydrogen-bond donors (Lipinski definition) is 1. The van der Waals surface area contributed by atoms with Gasteiger partial charge in [-0.3, -0.25) is 9.35 Å². The van der Waals surface area contributed by atoms with Crippen molar-refractivity contribution in [2.45, 2.75) is 37.1 Å². The minimum absolute atomic E-state index is 0.121. The van der Waals surface area contributed by atoms with Crippen molar-refractivity contribution in [3.05, 3.63) is 24.5 Å². The van der Waals surface area contributed by atoms with Crippen LogP contribution in [-0.2, 0) is 24.4 Å². The molecule has 0 aliphatic carbocycles. The molecule has 0 radical (unpaired) electrons. The molecule has 0 aromatic heterocycles. The van der Waals surface area contributed by atoms with Crippen LogP contribution in [-0.4, -0.2) is 43.6 Å². The number of ether oxygens (including phenoxy) is 2. The highest BCUT2D eigenvalue weighted by atomic mass is 32.2. The summed E-state index contributed by atoms with van der Waals surface area (Å²) in [4.78, 5) is 11.1. The van der Waals surface area contributed by atoms with E-state index in [0.29, 0.717) is 6.42 Å². The van der Waals surface area contributed by atoms with Gasteiger partial charge in [0.2, 0.25) is 0 Å². The van der Waals surface area contributed by atoms with Gasteiger partial charge in [-0.25, -0.2) is 0 Å². The Bertz CT molecular complexity index is 597. The largest absolute Gasteiger partial charge is 0.494 e. The smallest absolute Gasteiger partial charge is 0.419 e. The van der Waals surface area contributed by atoms with Crippen molar-refractivity contribution in [1.29, 1.82) is 0 Å². The molecule has 0 fully saturated rings. The van der Waals surface area contributed by atoms with E-state index in [-0.39, 0.29) is 25.9 Å². The maximum absolute atomic E-state index is 12.8. The van der Waals surface area contributed by atoms with E-state index in [1.54, 1.807) is 0 Å². The summed E-state index contributed by atoms with van der Waals surface area (Å²) in [6.07, 6.45) is -4.27. The molecule has 0 saturated heterocycles. The van der Waals surface area contributed by atoms with Gasteiger partial charge in [-0.05, 0) is 19.3 Å². The lowest BCUT2D eigenvalue weighted by atomic mass is 10.2. The number of alkyl halides is 5. The molecule has 1 N–H and O–H groups in total. The summed E-state index contributed by atoms with van der Waals surface area (Å²) in [6, 6.07) is 0. The Kier molecular flexibility index (Phi) is 8.51. The fourth-order valence-corrected chi connectivity index (χ4v) is 1.51. The Hall–Kier alpha value is -1.69. The zero-order valence-electron chi connectivity index (χ0n) is 12.9. The van der Waals surface area contributed by atoms with Gasteiger partial charge < -0.3 is 9.47 Å². The standard InChI is InChI=1S/C13H17F5O6S/c1-9(13(16,17)18)10(2)23-7-5-3-4-6-11(19)24-8-12(14,15)25(20,21)22/h1-8H2,(H,20,21,22). The molecule has 12 heteroatoms. The predicted molar refractivity (Wildman–Crippen MR) is 76.2 cm³/mol. The molecule has 0 saturated carbocycles. The lowest BCUT2D eigenvalue weighted by Crippen LogP contribution is -2.34. The van der Waals surface area contributed by atoms with Crippen LogP contribution in [0.2, 0.25) is 0 Å². The molecule has 0 aromatic rings. The molecule has 0 spiro atoms. The van der Waals surface area contributed by atoms with E-state index in [0.717, 1.165) is 0 Å². The first kappa shape index (κ1) is 23.3. The summed E-state index contributed by atoms with van der Waals surface area (Å²) in [5, 5.41) is -4.60. The van der Waals surface area contributed by atoms with Gasteiger partial charge in [0.1, 0.15) is 5.76 Å². The molecule has 0 aromatic carbocycles. The van der Waals surface area contributed by atoms with E-state index < -0.39 is 45.5 Å². The first-order valence-corrected chi connectivity index (χ1v) is 8.21. The van der Waals surface area contributed by atoms with Crippen molar-refractivity contribution in [3.8, 4) is 0 Å². The zero-order chi connectivity index (χ0) is 19.9. The molecule has 25 heavy (non-hydrogen) atoms. The number of halogens is 5. The predicted octanol–water partition coefficient (Wildman–Crippen LogP) is 3.22. The second-order valence-electron chi connectivity index (χ2n) is 4.83. The van der Waals surface area contributed by atoms with E-state index >= 15 is 0 Å². The van der Waals surface area contributed by atoms with Crippen LogP contribution in [0.5, 0.6) is 0 Å². The quantitative estimate of drug-likeness (QED) is 0.144. The van der Waals surface area contributed by atoms with Crippen molar-refractivity contribution in [3.63, 3.8) is 0 Å². The lowest BCUT2D eigenvalue weighted by molar-refractivity contribution is -0.149. The molecule has 0 aliphatic rings. The SMILES string of the molecule is C=C(OCCCCCC(=O)OCC(F)(F)S(=O)(=O)O)C(=C)C(F)(F)F. The van der Waals surface area contributed by atoms with Gasteiger partial charge in [-0.1, -0.05) is 13.2 Å². The fourth-order valence-electron chi connectivity index (χ4n) is 1.30. The summed E-state index contributed by atoms with van der Waals surface area (Å²) < 4.78 is 99.8. The Balaban J connectivity index is 3.91. The van der Waals surface area contributed by atoms with Crippen LogP contribution in [0.3, 0.4) is 0 Å². The third-order valence-electron chi connectivity index (χ3n) is 2.76. The van der Waals surface area contributed by atoms with Crippen LogP contribution in [0.4, 0.5) is 22.0 Å². The van der Waals surface area contributed by atoms with Gasteiger partial charge in [-0.15, -0.1) is 0 Å². The Morgan fingerprint density at radius 2 is 1.56 bits per heavy atom. The monoisotopic (exact) mass is 396 g/mol. The molecule has 6 nitrogen and oxygen atoms in total. The normalized spacial score (nSPS) is 12.6. The van der Waals surface area contributed by atoms with Gasteiger partial charge in [0.15, 0.2) is 6.61 Å². The highest BCUT2D eigenvalue weighted by Gasteiger charge is 2.45. The van der Waals surface area contributed by atoms with Crippen LogP contribution >= 0.6 is 0 Å². The molecule has 0 rings (SSSR count). The third kappa shape index (κ3) is 8.82. The molecule has 0 heterocycles. The highest BCUT2D eigenvalue weighted by molar-refractivity contribution is 7.86. The van der Waals surface area contributed by atoms with Crippen molar-refractivity contribution in [2.24, 2.45) is 0 Å². The van der Waals surface area contributed by atoms with Gasteiger partial charge in [0.05, 0.1) is 12.2 Å². The first-order chi connectivity index (χ1) is 11.2. The van der Waals surface area contributed by atoms with Gasteiger partial charge >= 0.3 is 27.5 Å². The van der Waals surface area contributed by atoms with Crippen LogP contribution in [0.15, 0.2) is 24.5 Å². The first-order valence-electron chi connectivity index (χ1n) is 6.77. The van der Waals surface area contributed by atoms with Crippen molar-refractivity contribution in [1.82, 2.24) is 0 Å². The summed E-state index contributed by atoms with van der Waals surface area (Å²) in [7, 11) is -5.68. The van der Waals surface area contributed by atoms with E-state index in [4.69, 9.17) is 9.29 Å². The number of carbonyl (C=O) groups excluding carboxylic acids is 1. The number of unbranched alkanes of at least 4 members (excludes halogenated alkanes) is 2. The summed E-state index contributed by atoms with van der Waals surface area (Å²) in [6.45, 7) is 3.93. The second-order valence-corrected chi connectivity index (χ2v) is 6.38. The fraction of sp³-hybridized carbons (Fsp3) is 0.615. The molecule has 0 amide bonds. The topological polar surface area (TPSA) is 89.9 Å². The molecule has 0 aliphatic heterocycles. The Labute approximate surface area is 141 Å². The molecular weight excluding hydrogens is 379 g/mol. The summed E-state index contributed by atoms with van der Waals surface area (Å²) in [5.74, 6) is -1.74. The maximum Gasteiger partial charge on any atom is 0.419 e. The molecule has 0 atom stereocenters. The number of esters is 1. The summed E-state index contributed by atoms with van der Waals surface area (Å²) in [5.41, 5.74) is -1.21. The van der Waals surface area contributed by atoms with Crippen LogP contribution in [0.25, 0.3) is 0 Å².